The molecule has 19 heavy (non-hydrogen) atoms. The minimum absolute atomic E-state index is 0.695. The number of hydrogen-bond acceptors (Lipinski definition) is 5. The van der Waals surface area contributed by atoms with Gasteiger partial charge in [0.2, 0.25) is 0 Å². The highest BCUT2D eigenvalue weighted by atomic mass is 32.1. The summed E-state index contributed by atoms with van der Waals surface area (Å²) in [5.74, 6) is 0.695. The van der Waals surface area contributed by atoms with Crippen molar-refractivity contribution in [2.75, 3.05) is 45.7 Å². The van der Waals surface area contributed by atoms with Gasteiger partial charge in [-0.3, -0.25) is 0 Å². The van der Waals surface area contributed by atoms with Crippen LogP contribution in [0.2, 0.25) is 0 Å². The second-order valence-corrected chi connectivity index (χ2v) is 6.81. The first-order chi connectivity index (χ1) is 8.99. The highest BCUT2D eigenvalue weighted by Gasteiger charge is 2.07. The summed E-state index contributed by atoms with van der Waals surface area (Å²) in [5, 5.41) is 4.58. The van der Waals surface area contributed by atoms with Gasteiger partial charge >= 0.3 is 0 Å². The average molecular weight is 284 g/mol. The van der Waals surface area contributed by atoms with Crippen molar-refractivity contribution in [3.05, 3.63) is 11.1 Å². The Balaban J connectivity index is 2.32. The Morgan fingerprint density at radius 3 is 2.63 bits per heavy atom. The molecule has 0 bridgehead atoms. The minimum Gasteiger partial charge on any atom is -0.351 e. The third-order valence-electron chi connectivity index (χ3n) is 2.82. The molecule has 0 fully saturated rings. The highest BCUT2D eigenvalue weighted by molar-refractivity contribution is 7.15. The van der Waals surface area contributed by atoms with E-state index < -0.39 is 0 Å². The molecule has 0 aliphatic heterocycles. The molecule has 4 nitrogen and oxygen atoms in total. The Morgan fingerprint density at radius 2 is 2.00 bits per heavy atom. The van der Waals surface area contributed by atoms with E-state index in [0.29, 0.717) is 5.92 Å². The lowest BCUT2D eigenvalue weighted by Gasteiger charge is -2.17. The fourth-order valence-corrected chi connectivity index (χ4v) is 2.63. The zero-order valence-corrected chi connectivity index (χ0v) is 13.8. The van der Waals surface area contributed by atoms with E-state index in [-0.39, 0.29) is 0 Å². The van der Waals surface area contributed by atoms with Crippen molar-refractivity contribution in [2.45, 2.75) is 26.8 Å². The molecule has 0 saturated heterocycles. The molecule has 0 aromatic carbocycles. The first-order valence-corrected chi connectivity index (χ1v) is 7.82. The third-order valence-corrected chi connectivity index (χ3v) is 3.93. The molecule has 0 saturated carbocycles. The van der Waals surface area contributed by atoms with Crippen LogP contribution in [0.3, 0.4) is 0 Å². The molecule has 1 aromatic heterocycles. The Bertz CT molecular complexity index is 349. The van der Waals surface area contributed by atoms with Crippen LogP contribution in [0.25, 0.3) is 0 Å². The van der Waals surface area contributed by atoms with Crippen molar-refractivity contribution in [1.82, 2.24) is 15.2 Å². The van der Waals surface area contributed by atoms with Crippen LogP contribution >= 0.6 is 11.3 Å². The summed E-state index contributed by atoms with van der Waals surface area (Å²) in [6.45, 7) is 8.63. The van der Waals surface area contributed by atoms with Crippen LogP contribution in [0.15, 0.2) is 6.20 Å². The van der Waals surface area contributed by atoms with Gasteiger partial charge in [-0.1, -0.05) is 13.8 Å². The van der Waals surface area contributed by atoms with E-state index in [9.17, 15) is 0 Å². The van der Waals surface area contributed by atoms with E-state index in [4.69, 9.17) is 0 Å². The van der Waals surface area contributed by atoms with Gasteiger partial charge in [0.25, 0.3) is 0 Å². The van der Waals surface area contributed by atoms with E-state index in [1.54, 1.807) is 11.3 Å². The summed E-state index contributed by atoms with van der Waals surface area (Å²) in [6, 6.07) is 0. The smallest absolute Gasteiger partial charge is 0.185 e. The topological polar surface area (TPSA) is 31.4 Å². The first-order valence-electron chi connectivity index (χ1n) is 7.00. The lowest BCUT2D eigenvalue weighted by molar-refractivity contribution is 0.401. The summed E-state index contributed by atoms with van der Waals surface area (Å²) in [5.41, 5.74) is 0. The first kappa shape index (κ1) is 16.4. The van der Waals surface area contributed by atoms with Gasteiger partial charge in [-0.25, -0.2) is 4.98 Å². The van der Waals surface area contributed by atoms with Crippen LogP contribution in [0.1, 0.15) is 25.1 Å². The molecule has 0 radical (unpaired) electrons. The molecule has 1 heterocycles. The van der Waals surface area contributed by atoms with Crippen LogP contribution in [0, 0.1) is 5.92 Å². The fraction of sp³-hybridized carbons (Fsp3) is 0.786. The van der Waals surface area contributed by atoms with Gasteiger partial charge in [-0.2, -0.15) is 0 Å². The molecule has 1 aromatic rings. The molecule has 1 N–H and O–H groups in total. The number of nitrogens with zero attached hydrogens (tertiary/aromatic N) is 3. The zero-order chi connectivity index (χ0) is 14.3. The molecule has 0 aliphatic carbocycles. The number of rotatable bonds is 9. The van der Waals surface area contributed by atoms with E-state index >= 15 is 0 Å². The minimum atomic E-state index is 0.695. The quantitative estimate of drug-likeness (QED) is 0.754. The van der Waals surface area contributed by atoms with Gasteiger partial charge in [0.05, 0.1) is 0 Å². The SMILES string of the molecule is CC(C)CNCc1cnc(N(C)CCCN(C)C)s1. The van der Waals surface area contributed by atoms with Gasteiger partial charge < -0.3 is 15.1 Å². The van der Waals surface area contributed by atoms with Crippen molar-refractivity contribution in [1.29, 1.82) is 0 Å². The van der Waals surface area contributed by atoms with Gasteiger partial charge in [0, 0.05) is 31.2 Å². The Morgan fingerprint density at radius 1 is 1.26 bits per heavy atom. The van der Waals surface area contributed by atoms with Crippen molar-refractivity contribution in [2.24, 2.45) is 5.92 Å². The molecular formula is C14H28N4S. The molecule has 110 valence electrons. The summed E-state index contributed by atoms with van der Waals surface area (Å²) >= 11 is 1.79. The van der Waals surface area contributed by atoms with Crippen molar-refractivity contribution >= 4 is 16.5 Å². The summed E-state index contributed by atoms with van der Waals surface area (Å²) in [7, 11) is 6.35. The maximum atomic E-state index is 4.50. The maximum absolute atomic E-state index is 4.50. The Hall–Kier alpha value is -0.650. The standard InChI is InChI=1S/C14H28N4S/c1-12(2)9-15-10-13-11-16-14(19-13)18(5)8-6-7-17(3)4/h11-12,15H,6-10H2,1-5H3. The number of aromatic nitrogens is 1. The Kier molecular flexibility index (Phi) is 7.34. The predicted octanol–water partition coefficient (Wildman–Crippen LogP) is 2.28. The van der Waals surface area contributed by atoms with Crippen molar-refractivity contribution < 1.29 is 0 Å². The average Bonchev–Trinajstić information content (AvgIpc) is 2.76. The summed E-state index contributed by atoms with van der Waals surface area (Å²) < 4.78 is 0. The lowest BCUT2D eigenvalue weighted by Crippen LogP contribution is -2.23. The van der Waals surface area contributed by atoms with Crippen LogP contribution in [-0.2, 0) is 6.54 Å². The second kappa shape index (κ2) is 8.51. The van der Waals surface area contributed by atoms with Crippen LogP contribution in [-0.4, -0.2) is 50.7 Å². The number of nitrogens with one attached hydrogen (secondary N) is 1. The molecule has 1 rings (SSSR count). The fourth-order valence-electron chi connectivity index (χ4n) is 1.76. The predicted molar refractivity (Wildman–Crippen MR) is 85.1 cm³/mol. The molecule has 0 unspecified atom stereocenters. The third kappa shape index (κ3) is 6.89. The molecular weight excluding hydrogens is 256 g/mol. The van der Waals surface area contributed by atoms with Crippen molar-refractivity contribution in [3.63, 3.8) is 0 Å². The lowest BCUT2D eigenvalue weighted by atomic mass is 10.2. The molecule has 5 heteroatoms. The molecule has 0 amide bonds. The number of hydrogen-bond donors (Lipinski definition) is 1. The van der Waals surface area contributed by atoms with Gasteiger partial charge in [-0.15, -0.1) is 11.3 Å². The second-order valence-electron chi connectivity index (χ2n) is 5.71. The molecule has 0 aliphatic rings. The van der Waals surface area contributed by atoms with E-state index in [1.165, 1.54) is 11.3 Å². The van der Waals surface area contributed by atoms with Gasteiger partial charge in [0.15, 0.2) is 5.13 Å². The van der Waals surface area contributed by atoms with E-state index in [0.717, 1.165) is 31.3 Å². The van der Waals surface area contributed by atoms with E-state index in [1.807, 2.05) is 6.20 Å². The van der Waals surface area contributed by atoms with Gasteiger partial charge in [-0.05, 0) is 39.5 Å². The monoisotopic (exact) mass is 284 g/mol. The zero-order valence-electron chi connectivity index (χ0n) is 12.9. The molecule has 0 atom stereocenters. The number of thiazole rings is 1. The van der Waals surface area contributed by atoms with Gasteiger partial charge in [0.1, 0.15) is 0 Å². The summed E-state index contributed by atoms with van der Waals surface area (Å²) in [4.78, 5) is 10.3. The Labute approximate surface area is 121 Å². The van der Waals surface area contributed by atoms with Crippen LogP contribution in [0.5, 0.6) is 0 Å². The largest absolute Gasteiger partial charge is 0.351 e. The summed E-state index contributed by atoms with van der Waals surface area (Å²) in [6.07, 6.45) is 3.17. The molecule has 0 spiro atoms. The van der Waals surface area contributed by atoms with Crippen molar-refractivity contribution in [3.8, 4) is 0 Å². The highest BCUT2D eigenvalue weighted by Crippen LogP contribution is 2.21. The number of anilines is 1. The maximum Gasteiger partial charge on any atom is 0.185 e. The van der Waals surface area contributed by atoms with Crippen LogP contribution < -0.4 is 10.2 Å². The normalized spacial score (nSPS) is 11.5. The van der Waals surface area contributed by atoms with Crippen LogP contribution in [0.4, 0.5) is 5.13 Å². The van der Waals surface area contributed by atoms with E-state index in [2.05, 4.69) is 55.1 Å².